The van der Waals surface area contributed by atoms with Crippen LogP contribution in [-0.4, -0.2) is 33.1 Å². The fourth-order valence-corrected chi connectivity index (χ4v) is 3.72. The second-order valence-corrected chi connectivity index (χ2v) is 6.01. The summed E-state index contributed by atoms with van der Waals surface area (Å²) >= 11 is 0. The topological polar surface area (TPSA) is 60.4 Å². The Kier molecular flexibility index (Phi) is 4.25. The molecule has 0 amide bonds. The third-order valence-corrected chi connectivity index (χ3v) is 5.22. The van der Waals surface area contributed by atoms with Crippen molar-refractivity contribution in [3.63, 3.8) is 0 Å². The van der Waals surface area contributed by atoms with Crippen molar-refractivity contribution in [2.45, 2.75) is 38.9 Å². The van der Waals surface area contributed by atoms with E-state index in [1.165, 1.54) is 6.92 Å². The lowest BCUT2D eigenvalue weighted by molar-refractivity contribution is -0.149. The van der Waals surface area contributed by atoms with E-state index in [1.807, 2.05) is 13.8 Å². The van der Waals surface area contributed by atoms with Gasteiger partial charge in [-0.15, -0.1) is 0 Å². The van der Waals surface area contributed by atoms with Crippen LogP contribution in [0.5, 0.6) is 0 Å². The van der Waals surface area contributed by atoms with Crippen LogP contribution < -0.4 is 0 Å². The van der Waals surface area contributed by atoms with E-state index in [-0.39, 0.29) is 24.6 Å². The molecule has 0 aromatic rings. The largest absolute Gasteiger partial charge is 0.465 e. The van der Waals surface area contributed by atoms with E-state index in [9.17, 15) is 13.8 Å². The Bertz CT molecular complexity index is 411. The van der Waals surface area contributed by atoms with Crippen molar-refractivity contribution >= 4 is 22.6 Å². The number of esters is 1. The van der Waals surface area contributed by atoms with Gasteiger partial charge in [-0.1, -0.05) is 11.1 Å². The highest BCUT2D eigenvalue weighted by atomic mass is 32.2. The Hall–Kier alpha value is -0.970. The van der Waals surface area contributed by atoms with Crippen molar-refractivity contribution in [1.82, 2.24) is 0 Å². The molecule has 0 saturated heterocycles. The Labute approximate surface area is 104 Å². The lowest BCUT2D eigenvalue weighted by Gasteiger charge is -2.32. The van der Waals surface area contributed by atoms with Gasteiger partial charge in [-0.3, -0.25) is 9.00 Å². The number of carbonyl (C=O) groups is 2. The maximum absolute atomic E-state index is 12.2. The molecule has 17 heavy (non-hydrogen) atoms. The number of allylic oxidation sites excluding steroid dienone is 1. The van der Waals surface area contributed by atoms with Crippen LogP contribution in [-0.2, 0) is 25.1 Å². The molecule has 2 atom stereocenters. The van der Waals surface area contributed by atoms with E-state index < -0.39 is 21.5 Å². The first-order valence-electron chi connectivity index (χ1n) is 5.58. The predicted molar refractivity (Wildman–Crippen MR) is 66.0 cm³/mol. The van der Waals surface area contributed by atoms with E-state index in [4.69, 9.17) is 4.74 Å². The van der Waals surface area contributed by atoms with Crippen molar-refractivity contribution in [1.29, 1.82) is 0 Å². The Balaban J connectivity index is 3.22. The molecule has 0 radical (unpaired) electrons. The van der Waals surface area contributed by atoms with E-state index >= 15 is 0 Å². The number of carbonyl (C=O) groups excluding carboxylic acids is 2. The van der Waals surface area contributed by atoms with Gasteiger partial charge in [0, 0.05) is 12.2 Å². The minimum atomic E-state index is -1.53. The van der Waals surface area contributed by atoms with Crippen LogP contribution in [0.1, 0.15) is 34.1 Å². The number of rotatable bonds is 3. The minimum Gasteiger partial charge on any atom is -0.465 e. The number of hydrogen-bond donors (Lipinski definition) is 0. The van der Waals surface area contributed by atoms with Crippen LogP contribution in [0, 0.1) is 0 Å². The maximum Gasteiger partial charge on any atom is 0.332 e. The van der Waals surface area contributed by atoms with E-state index in [2.05, 4.69) is 0 Å². The number of Topliss-reactive ketones (excluding diaryl/α,β-unsaturated/α-hetero) is 1. The van der Waals surface area contributed by atoms with Crippen molar-refractivity contribution in [2.24, 2.45) is 0 Å². The second kappa shape index (κ2) is 5.12. The van der Waals surface area contributed by atoms with Gasteiger partial charge in [-0.25, -0.2) is 4.79 Å². The second-order valence-electron chi connectivity index (χ2n) is 4.33. The molecule has 1 heterocycles. The molecule has 0 bridgehead atoms. The summed E-state index contributed by atoms with van der Waals surface area (Å²) in [5.74, 6) is -0.761. The van der Waals surface area contributed by atoms with Gasteiger partial charge in [0.1, 0.15) is 0 Å². The van der Waals surface area contributed by atoms with Gasteiger partial charge in [0.25, 0.3) is 0 Å². The molecule has 4 nitrogen and oxygen atoms in total. The summed E-state index contributed by atoms with van der Waals surface area (Å²) in [5, 5.41) is 0. The van der Waals surface area contributed by atoms with Crippen molar-refractivity contribution in [3.05, 3.63) is 11.1 Å². The van der Waals surface area contributed by atoms with Crippen molar-refractivity contribution in [2.75, 3.05) is 12.4 Å². The van der Waals surface area contributed by atoms with Gasteiger partial charge >= 0.3 is 5.97 Å². The number of ketones is 1. The monoisotopic (exact) mass is 258 g/mol. The average molecular weight is 258 g/mol. The summed E-state index contributed by atoms with van der Waals surface area (Å²) < 4.78 is 15.6. The van der Waals surface area contributed by atoms with Crippen LogP contribution in [0.2, 0.25) is 0 Å². The first-order chi connectivity index (χ1) is 7.86. The molecule has 1 aliphatic heterocycles. The average Bonchev–Trinajstić information content (AvgIpc) is 2.23. The molecule has 0 aliphatic carbocycles. The normalized spacial score (nSPS) is 29.1. The predicted octanol–water partition coefficient (Wildman–Crippen LogP) is 1.37. The molecule has 0 N–H and O–H groups in total. The van der Waals surface area contributed by atoms with Crippen LogP contribution in [0.15, 0.2) is 11.1 Å². The third kappa shape index (κ3) is 2.34. The highest BCUT2D eigenvalue weighted by Crippen LogP contribution is 2.33. The van der Waals surface area contributed by atoms with Gasteiger partial charge < -0.3 is 4.74 Å². The van der Waals surface area contributed by atoms with Gasteiger partial charge in [0.05, 0.1) is 17.4 Å². The Morgan fingerprint density at radius 3 is 2.41 bits per heavy atom. The lowest BCUT2D eigenvalue weighted by atomic mass is 9.93. The van der Waals surface area contributed by atoms with Crippen molar-refractivity contribution in [3.8, 4) is 0 Å². The van der Waals surface area contributed by atoms with Crippen LogP contribution in [0.4, 0.5) is 0 Å². The molecule has 0 aromatic carbocycles. The van der Waals surface area contributed by atoms with Gasteiger partial charge in [-0.2, -0.15) is 0 Å². The summed E-state index contributed by atoms with van der Waals surface area (Å²) in [7, 11) is -1.53. The molecular weight excluding hydrogens is 240 g/mol. The molecule has 0 unspecified atom stereocenters. The van der Waals surface area contributed by atoms with Crippen molar-refractivity contribution < 1.29 is 18.5 Å². The summed E-state index contributed by atoms with van der Waals surface area (Å²) in [5.41, 5.74) is 1.94. The smallest absolute Gasteiger partial charge is 0.332 e. The van der Waals surface area contributed by atoms with Gasteiger partial charge in [0.15, 0.2) is 5.78 Å². The molecule has 1 aliphatic rings. The Morgan fingerprint density at radius 1 is 1.35 bits per heavy atom. The molecule has 0 aromatic heterocycles. The highest BCUT2D eigenvalue weighted by Gasteiger charge is 2.52. The fraction of sp³-hybridized carbons (Fsp3) is 0.667. The molecule has 0 fully saturated rings. The summed E-state index contributed by atoms with van der Waals surface area (Å²) in [6, 6.07) is 0. The highest BCUT2D eigenvalue weighted by molar-refractivity contribution is 7.88. The Morgan fingerprint density at radius 2 is 1.94 bits per heavy atom. The first kappa shape index (κ1) is 14.1. The fourth-order valence-electron chi connectivity index (χ4n) is 1.89. The maximum atomic E-state index is 12.2. The third-order valence-electron chi connectivity index (χ3n) is 3.15. The number of hydrogen-bond acceptors (Lipinski definition) is 4. The molecule has 96 valence electrons. The zero-order chi connectivity index (χ0) is 13.2. The standard InChI is InChI=1S/C12H18O4S/c1-5-16-11(14)12(10(4)13)6-8(2)9(3)7-17(12)15/h5-7H2,1-4H3/t12-,17+/m0/s1. The molecule has 0 saturated carbocycles. The van der Waals surface area contributed by atoms with Gasteiger partial charge in [-0.05, 0) is 27.7 Å². The van der Waals surface area contributed by atoms with Crippen LogP contribution >= 0.6 is 0 Å². The summed E-state index contributed by atoms with van der Waals surface area (Å²) in [6.45, 7) is 6.91. The van der Waals surface area contributed by atoms with Gasteiger partial charge in [0.2, 0.25) is 4.75 Å². The summed E-state index contributed by atoms with van der Waals surface area (Å²) in [6.07, 6.45) is 0.208. The molecule has 5 heteroatoms. The minimum absolute atomic E-state index is 0.187. The van der Waals surface area contributed by atoms with E-state index in [0.717, 1.165) is 11.1 Å². The molecule has 1 rings (SSSR count). The molecule has 0 spiro atoms. The first-order valence-corrected chi connectivity index (χ1v) is 6.90. The zero-order valence-electron chi connectivity index (χ0n) is 10.7. The van der Waals surface area contributed by atoms with Crippen LogP contribution in [0.25, 0.3) is 0 Å². The van der Waals surface area contributed by atoms with E-state index in [0.29, 0.717) is 0 Å². The van der Waals surface area contributed by atoms with Crippen LogP contribution in [0.3, 0.4) is 0 Å². The van der Waals surface area contributed by atoms with E-state index in [1.54, 1.807) is 6.92 Å². The zero-order valence-corrected chi connectivity index (χ0v) is 11.5. The number of ether oxygens (including phenoxy) is 1. The SMILES string of the molecule is CCOC(=O)[C@@]1(C(C)=O)CC(C)=C(C)C[S@]1=O. The lowest BCUT2D eigenvalue weighted by Crippen LogP contribution is -2.53. The quantitative estimate of drug-likeness (QED) is 0.436. The molecular formula is C12H18O4S. The summed E-state index contributed by atoms with van der Waals surface area (Å²) in [4.78, 5) is 23.7.